The van der Waals surface area contributed by atoms with Crippen molar-refractivity contribution in [2.24, 2.45) is 39.4 Å². The van der Waals surface area contributed by atoms with Gasteiger partial charge in [-0.25, -0.2) is 0 Å². The van der Waals surface area contributed by atoms with Crippen molar-refractivity contribution in [3.8, 4) is 0 Å². The first-order valence-electron chi connectivity index (χ1n) is 14.4. The highest BCUT2D eigenvalue weighted by atomic mass is 16.6. The summed E-state index contributed by atoms with van der Waals surface area (Å²) in [5.41, 5.74) is -5.33. The fourth-order valence-corrected chi connectivity index (χ4v) is 9.35. The Balaban J connectivity index is 1.75. The lowest BCUT2D eigenvalue weighted by Crippen LogP contribution is -2.65. The van der Waals surface area contributed by atoms with E-state index in [2.05, 4.69) is 13.0 Å². The van der Waals surface area contributed by atoms with E-state index in [0.717, 1.165) is 5.57 Å². The van der Waals surface area contributed by atoms with Crippen LogP contribution >= 0.6 is 0 Å². The standard InChI is InChI=1S/C32H46O8/c1-17(33)40-27(2,3)13-12-23(36)32(9,39)25-21(35)15-29(6)22-11-10-18-19(14-20(34)26(38)28(18,4)5)31(22,8)24(37)16-30(25,29)7/h10,12-13,19,21-22,25-26,35,38-39H,11,14-16H2,1-9H3/t19-,21-,22+,25+,26+,29+,30-,31+,32+/m1/s1. The fourth-order valence-electron chi connectivity index (χ4n) is 9.35. The largest absolute Gasteiger partial charge is 0.456 e. The Kier molecular flexibility index (Phi) is 7.06. The summed E-state index contributed by atoms with van der Waals surface area (Å²) in [6, 6.07) is 0. The zero-order valence-corrected chi connectivity index (χ0v) is 25.3. The Morgan fingerprint density at radius 2 is 1.65 bits per heavy atom. The van der Waals surface area contributed by atoms with Crippen LogP contribution in [0.2, 0.25) is 0 Å². The lowest BCUT2D eigenvalue weighted by molar-refractivity contribution is -0.183. The summed E-state index contributed by atoms with van der Waals surface area (Å²) in [5, 5.41) is 33.9. The maximum Gasteiger partial charge on any atom is 0.303 e. The van der Waals surface area contributed by atoms with Gasteiger partial charge in [0.15, 0.2) is 11.6 Å². The van der Waals surface area contributed by atoms with Crippen LogP contribution in [0.1, 0.15) is 88.0 Å². The summed E-state index contributed by atoms with van der Waals surface area (Å²) < 4.78 is 5.23. The summed E-state index contributed by atoms with van der Waals surface area (Å²) >= 11 is 0. The Morgan fingerprint density at radius 1 is 1.05 bits per heavy atom. The molecular weight excluding hydrogens is 512 g/mol. The lowest BCUT2D eigenvalue weighted by Gasteiger charge is -2.64. The van der Waals surface area contributed by atoms with E-state index < -0.39 is 62.7 Å². The van der Waals surface area contributed by atoms with Crippen LogP contribution in [0, 0.1) is 39.4 Å². The van der Waals surface area contributed by atoms with E-state index in [1.165, 1.54) is 26.0 Å². The number of ketones is 3. The number of ether oxygens (including phenoxy) is 1. The van der Waals surface area contributed by atoms with Gasteiger partial charge in [-0.3, -0.25) is 19.2 Å². The number of allylic oxidation sites excluding steroid dienone is 1. The molecule has 3 saturated carbocycles. The molecular formula is C32H46O8. The molecule has 0 saturated heterocycles. The summed E-state index contributed by atoms with van der Waals surface area (Å²) in [4.78, 5) is 52.1. The second-order valence-electron chi connectivity index (χ2n) is 14.8. The Morgan fingerprint density at radius 3 is 2.23 bits per heavy atom. The maximum atomic E-state index is 14.3. The van der Waals surface area contributed by atoms with Gasteiger partial charge < -0.3 is 20.1 Å². The first-order valence-corrected chi connectivity index (χ1v) is 14.4. The highest BCUT2D eigenvalue weighted by molar-refractivity contribution is 5.97. The van der Waals surface area contributed by atoms with Crippen molar-refractivity contribution < 1.29 is 39.2 Å². The predicted octanol–water partition coefficient (Wildman–Crippen LogP) is 3.50. The van der Waals surface area contributed by atoms with Crippen molar-refractivity contribution in [1.29, 1.82) is 0 Å². The summed E-state index contributed by atoms with van der Waals surface area (Å²) in [5.74, 6) is -2.96. The molecule has 4 rings (SSSR count). The van der Waals surface area contributed by atoms with Crippen LogP contribution in [0.4, 0.5) is 0 Å². The second kappa shape index (κ2) is 9.17. The fraction of sp³-hybridized carbons (Fsp3) is 0.750. The van der Waals surface area contributed by atoms with E-state index in [4.69, 9.17) is 4.74 Å². The molecule has 0 amide bonds. The van der Waals surface area contributed by atoms with E-state index in [-0.39, 0.29) is 36.2 Å². The lowest BCUT2D eigenvalue weighted by atomic mass is 9.38. The third kappa shape index (κ3) is 4.11. The van der Waals surface area contributed by atoms with Crippen LogP contribution in [-0.4, -0.2) is 62.0 Å². The quantitative estimate of drug-likeness (QED) is 0.265. The van der Waals surface area contributed by atoms with Gasteiger partial charge in [0.2, 0.25) is 0 Å². The van der Waals surface area contributed by atoms with Crippen LogP contribution in [-0.2, 0) is 23.9 Å². The normalized spacial score (nSPS) is 42.4. The van der Waals surface area contributed by atoms with Gasteiger partial charge in [-0.05, 0) is 68.4 Å². The van der Waals surface area contributed by atoms with Crippen molar-refractivity contribution in [2.45, 2.75) is 111 Å². The summed E-state index contributed by atoms with van der Waals surface area (Å²) in [7, 11) is 0. The van der Waals surface area contributed by atoms with Crippen molar-refractivity contribution in [3.05, 3.63) is 23.8 Å². The van der Waals surface area contributed by atoms with Crippen LogP contribution < -0.4 is 0 Å². The van der Waals surface area contributed by atoms with Crippen molar-refractivity contribution in [2.75, 3.05) is 0 Å². The van der Waals surface area contributed by atoms with E-state index in [1.807, 2.05) is 27.7 Å². The van der Waals surface area contributed by atoms with E-state index in [0.29, 0.717) is 12.8 Å². The Labute approximate surface area is 237 Å². The molecule has 0 spiro atoms. The second-order valence-corrected chi connectivity index (χ2v) is 14.8. The molecule has 0 radical (unpaired) electrons. The summed E-state index contributed by atoms with van der Waals surface area (Å²) in [6.07, 6.45) is 3.50. The first-order chi connectivity index (χ1) is 18.1. The molecule has 0 aromatic carbocycles. The van der Waals surface area contributed by atoms with Gasteiger partial charge in [-0.2, -0.15) is 0 Å². The number of aliphatic hydroxyl groups excluding tert-OH is 2. The predicted molar refractivity (Wildman–Crippen MR) is 148 cm³/mol. The molecule has 8 heteroatoms. The van der Waals surface area contributed by atoms with Gasteiger partial charge in [0.25, 0.3) is 0 Å². The van der Waals surface area contributed by atoms with Gasteiger partial charge >= 0.3 is 5.97 Å². The van der Waals surface area contributed by atoms with Crippen LogP contribution in [0.5, 0.6) is 0 Å². The van der Waals surface area contributed by atoms with Crippen molar-refractivity contribution >= 4 is 23.3 Å². The molecule has 0 aromatic heterocycles. The minimum absolute atomic E-state index is 0.0399. The summed E-state index contributed by atoms with van der Waals surface area (Å²) in [6.45, 7) is 15.5. The molecule has 222 valence electrons. The molecule has 0 unspecified atom stereocenters. The number of esters is 1. The van der Waals surface area contributed by atoms with Crippen molar-refractivity contribution in [3.63, 3.8) is 0 Å². The van der Waals surface area contributed by atoms with Gasteiger partial charge in [-0.1, -0.05) is 46.3 Å². The number of hydrogen-bond donors (Lipinski definition) is 3. The average Bonchev–Trinajstić information content (AvgIpc) is 3.01. The maximum absolute atomic E-state index is 14.3. The zero-order chi connectivity index (χ0) is 30.4. The van der Waals surface area contributed by atoms with E-state index >= 15 is 0 Å². The molecule has 9 atom stereocenters. The van der Waals surface area contributed by atoms with Gasteiger partial charge in [0, 0.05) is 36.5 Å². The monoisotopic (exact) mass is 558 g/mol. The number of fused-ring (bicyclic) bond motifs is 5. The minimum Gasteiger partial charge on any atom is -0.456 e. The van der Waals surface area contributed by atoms with E-state index in [1.54, 1.807) is 13.8 Å². The Hall–Kier alpha value is -2.16. The molecule has 4 aliphatic rings. The SMILES string of the molecule is CC(=O)OC(C)(C)C=CC(=O)[C@](C)(O)[C@H]1[C@H](O)C[C@@]2(C)[C@@H]3CC=C4[C@@H](CC(=O)[C@H](O)C4(C)C)[C@]3(C)C(=O)C[C@]12C. The first kappa shape index (κ1) is 30.8. The molecule has 4 aliphatic carbocycles. The molecule has 40 heavy (non-hydrogen) atoms. The smallest absolute Gasteiger partial charge is 0.303 e. The molecule has 0 bridgehead atoms. The number of Topliss-reactive ketones (excluding diaryl/α,β-unsaturated/α-hetero) is 2. The van der Waals surface area contributed by atoms with E-state index in [9.17, 15) is 34.5 Å². The molecule has 3 N–H and O–H groups in total. The van der Waals surface area contributed by atoms with Gasteiger partial charge in [0.1, 0.15) is 23.1 Å². The third-order valence-electron chi connectivity index (χ3n) is 11.6. The topological polar surface area (TPSA) is 138 Å². The minimum atomic E-state index is -1.99. The third-order valence-corrected chi connectivity index (χ3v) is 11.6. The van der Waals surface area contributed by atoms with Crippen LogP contribution in [0.15, 0.2) is 23.8 Å². The highest BCUT2D eigenvalue weighted by Crippen LogP contribution is 2.74. The number of rotatable bonds is 5. The van der Waals surface area contributed by atoms with Crippen molar-refractivity contribution in [1.82, 2.24) is 0 Å². The molecule has 8 nitrogen and oxygen atoms in total. The van der Waals surface area contributed by atoms with Gasteiger partial charge in [-0.15, -0.1) is 0 Å². The van der Waals surface area contributed by atoms with Gasteiger partial charge in [0.05, 0.1) is 6.10 Å². The number of carbonyl (C=O) groups is 4. The molecule has 3 fully saturated rings. The van der Waals surface area contributed by atoms with Crippen LogP contribution in [0.25, 0.3) is 0 Å². The molecule has 0 aliphatic heterocycles. The van der Waals surface area contributed by atoms with Crippen LogP contribution in [0.3, 0.4) is 0 Å². The Bertz CT molecular complexity index is 1210. The average molecular weight is 559 g/mol. The number of carbonyl (C=O) groups excluding carboxylic acids is 4. The number of hydrogen-bond acceptors (Lipinski definition) is 8. The molecule has 0 heterocycles. The zero-order valence-electron chi connectivity index (χ0n) is 25.3. The number of aliphatic hydroxyl groups is 3. The highest BCUT2D eigenvalue weighted by Gasteiger charge is 2.74. The molecule has 0 aromatic rings.